The van der Waals surface area contributed by atoms with E-state index >= 15 is 0 Å². The van der Waals surface area contributed by atoms with E-state index in [1.165, 1.54) is 0 Å². The topological polar surface area (TPSA) is 61.4 Å². The summed E-state index contributed by atoms with van der Waals surface area (Å²) < 4.78 is 0. The number of hydrogen-bond acceptors (Lipinski definition) is 3. The van der Waals surface area contributed by atoms with Gasteiger partial charge < -0.3 is 10.6 Å². The normalized spacial score (nSPS) is 20.4. The van der Waals surface area contributed by atoms with Crippen LogP contribution in [0.3, 0.4) is 0 Å². The molecule has 1 aliphatic rings. The highest BCUT2D eigenvalue weighted by Gasteiger charge is 2.30. The Bertz CT molecular complexity index is 278. The van der Waals surface area contributed by atoms with Crippen molar-refractivity contribution in [2.45, 2.75) is 18.9 Å². The molecule has 0 saturated carbocycles. The first-order valence-electron chi connectivity index (χ1n) is 5.52. The summed E-state index contributed by atoms with van der Waals surface area (Å²) in [7, 11) is 1.62. The Balaban J connectivity index is 2.43. The highest BCUT2D eigenvalue weighted by atomic mass is 16.2. The van der Waals surface area contributed by atoms with E-state index in [2.05, 4.69) is 17.2 Å². The van der Waals surface area contributed by atoms with E-state index in [1.807, 2.05) is 4.90 Å². The van der Waals surface area contributed by atoms with Crippen LogP contribution in [0.2, 0.25) is 0 Å². The summed E-state index contributed by atoms with van der Waals surface area (Å²) in [5, 5.41) is 5.33. The summed E-state index contributed by atoms with van der Waals surface area (Å²) in [6.07, 6.45) is 3.43. The predicted octanol–water partition coefficient (Wildman–Crippen LogP) is -0.501. The predicted molar refractivity (Wildman–Crippen MR) is 61.9 cm³/mol. The van der Waals surface area contributed by atoms with Crippen LogP contribution in [-0.2, 0) is 9.59 Å². The molecule has 1 rings (SSSR count). The van der Waals surface area contributed by atoms with Crippen molar-refractivity contribution < 1.29 is 9.59 Å². The zero-order chi connectivity index (χ0) is 12.0. The molecule has 1 fully saturated rings. The number of nitrogens with zero attached hydrogens (tertiary/aromatic N) is 1. The molecule has 1 saturated heterocycles. The Morgan fingerprint density at radius 2 is 2.31 bits per heavy atom. The fourth-order valence-electron chi connectivity index (χ4n) is 1.91. The fourth-order valence-corrected chi connectivity index (χ4v) is 1.91. The summed E-state index contributed by atoms with van der Waals surface area (Å²) >= 11 is 0. The number of rotatable bonds is 5. The van der Waals surface area contributed by atoms with Gasteiger partial charge in [0.1, 0.15) is 0 Å². The number of hydrogen-bond donors (Lipinski definition) is 2. The second-order valence-electron chi connectivity index (χ2n) is 3.84. The maximum absolute atomic E-state index is 11.5. The molecule has 2 N–H and O–H groups in total. The molecule has 2 amide bonds. The van der Waals surface area contributed by atoms with E-state index in [0.29, 0.717) is 6.54 Å². The van der Waals surface area contributed by atoms with Gasteiger partial charge in [0.05, 0.1) is 12.6 Å². The number of amides is 2. The molecule has 16 heavy (non-hydrogen) atoms. The lowest BCUT2D eigenvalue weighted by Crippen LogP contribution is -2.46. The van der Waals surface area contributed by atoms with Crippen molar-refractivity contribution in [3.63, 3.8) is 0 Å². The fraction of sp³-hybridized carbons (Fsp3) is 0.636. The highest BCUT2D eigenvalue weighted by Crippen LogP contribution is 2.16. The molecule has 0 aromatic rings. The SMILES string of the molecule is C=CCNC(=O)CN1CCCC1C(=O)NC. The van der Waals surface area contributed by atoms with Crippen LogP contribution in [0.1, 0.15) is 12.8 Å². The molecule has 0 spiro atoms. The third kappa shape index (κ3) is 3.34. The van der Waals surface area contributed by atoms with Gasteiger partial charge in [-0.05, 0) is 19.4 Å². The third-order valence-electron chi connectivity index (χ3n) is 2.70. The molecule has 90 valence electrons. The standard InChI is InChI=1S/C11H19N3O2/c1-3-6-13-10(15)8-14-7-4-5-9(14)11(16)12-2/h3,9H,1,4-8H2,2H3,(H,12,16)(H,13,15). The van der Waals surface area contributed by atoms with Crippen LogP contribution in [0.5, 0.6) is 0 Å². The average Bonchev–Trinajstić information content (AvgIpc) is 2.73. The monoisotopic (exact) mass is 225 g/mol. The zero-order valence-electron chi connectivity index (χ0n) is 9.66. The van der Waals surface area contributed by atoms with E-state index in [0.717, 1.165) is 19.4 Å². The molecular formula is C11H19N3O2. The van der Waals surface area contributed by atoms with Gasteiger partial charge in [0, 0.05) is 13.6 Å². The molecule has 0 aromatic carbocycles. The van der Waals surface area contributed by atoms with Crippen LogP contribution in [-0.4, -0.2) is 49.4 Å². The second kappa shape index (κ2) is 6.27. The van der Waals surface area contributed by atoms with Crippen molar-refractivity contribution in [1.82, 2.24) is 15.5 Å². The van der Waals surface area contributed by atoms with Crippen LogP contribution in [0.15, 0.2) is 12.7 Å². The van der Waals surface area contributed by atoms with E-state index in [9.17, 15) is 9.59 Å². The Kier molecular flexibility index (Phi) is 4.98. The minimum absolute atomic E-state index is 0.00554. The number of carbonyl (C=O) groups is 2. The van der Waals surface area contributed by atoms with Crippen LogP contribution >= 0.6 is 0 Å². The first-order chi connectivity index (χ1) is 7.69. The Hall–Kier alpha value is -1.36. The maximum atomic E-state index is 11.5. The third-order valence-corrected chi connectivity index (χ3v) is 2.70. The van der Waals surface area contributed by atoms with Crippen molar-refractivity contribution in [2.75, 3.05) is 26.7 Å². The Morgan fingerprint density at radius 1 is 1.56 bits per heavy atom. The van der Waals surface area contributed by atoms with Gasteiger partial charge in [0.2, 0.25) is 11.8 Å². The summed E-state index contributed by atoms with van der Waals surface area (Å²) in [6.45, 7) is 5.09. The summed E-state index contributed by atoms with van der Waals surface area (Å²) in [6, 6.07) is -0.153. The van der Waals surface area contributed by atoms with Crippen LogP contribution in [0, 0.1) is 0 Å². The summed E-state index contributed by atoms with van der Waals surface area (Å²) in [5.74, 6) is -0.0651. The van der Waals surface area contributed by atoms with Gasteiger partial charge in [-0.3, -0.25) is 14.5 Å². The van der Waals surface area contributed by atoms with E-state index in [1.54, 1.807) is 13.1 Å². The van der Waals surface area contributed by atoms with Gasteiger partial charge in [0.15, 0.2) is 0 Å². The number of carbonyl (C=O) groups excluding carboxylic acids is 2. The quantitative estimate of drug-likeness (QED) is 0.620. The molecule has 5 heteroatoms. The van der Waals surface area contributed by atoms with Crippen molar-refractivity contribution in [3.8, 4) is 0 Å². The maximum Gasteiger partial charge on any atom is 0.237 e. The van der Waals surface area contributed by atoms with E-state index in [-0.39, 0.29) is 24.4 Å². The van der Waals surface area contributed by atoms with Crippen molar-refractivity contribution in [1.29, 1.82) is 0 Å². The van der Waals surface area contributed by atoms with Gasteiger partial charge >= 0.3 is 0 Å². The van der Waals surface area contributed by atoms with Gasteiger partial charge in [-0.2, -0.15) is 0 Å². The summed E-state index contributed by atoms with van der Waals surface area (Å²) in [5.41, 5.74) is 0. The molecule has 0 aromatic heterocycles. The molecule has 1 unspecified atom stereocenters. The van der Waals surface area contributed by atoms with E-state index in [4.69, 9.17) is 0 Å². The largest absolute Gasteiger partial charge is 0.358 e. The summed E-state index contributed by atoms with van der Waals surface area (Å²) in [4.78, 5) is 24.9. The smallest absolute Gasteiger partial charge is 0.237 e. The van der Waals surface area contributed by atoms with Crippen molar-refractivity contribution in [2.24, 2.45) is 0 Å². The van der Waals surface area contributed by atoms with Crippen molar-refractivity contribution in [3.05, 3.63) is 12.7 Å². The lowest BCUT2D eigenvalue weighted by molar-refractivity contribution is -0.127. The number of likely N-dealkylation sites (N-methyl/N-ethyl adjacent to an activating group) is 1. The minimum Gasteiger partial charge on any atom is -0.358 e. The molecule has 1 aliphatic heterocycles. The van der Waals surface area contributed by atoms with Gasteiger partial charge in [0.25, 0.3) is 0 Å². The Labute approximate surface area is 95.9 Å². The molecule has 5 nitrogen and oxygen atoms in total. The molecule has 0 aliphatic carbocycles. The van der Waals surface area contributed by atoms with E-state index < -0.39 is 0 Å². The first kappa shape index (κ1) is 12.7. The number of nitrogens with one attached hydrogen (secondary N) is 2. The lowest BCUT2D eigenvalue weighted by atomic mass is 10.2. The minimum atomic E-state index is -0.153. The molecule has 0 bridgehead atoms. The molecule has 1 atom stereocenters. The van der Waals surface area contributed by atoms with Crippen LogP contribution in [0.4, 0.5) is 0 Å². The first-order valence-corrected chi connectivity index (χ1v) is 5.52. The van der Waals surface area contributed by atoms with Gasteiger partial charge in [-0.1, -0.05) is 6.08 Å². The Morgan fingerprint density at radius 3 is 2.94 bits per heavy atom. The van der Waals surface area contributed by atoms with Gasteiger partial charge in [-0.25, -0.2) is 0 Å². The average molecular weight is 225 g/mol. The lowest BCUT2D eigenvalue weighted by Gasteiger charge is -2.22. The molecular weight excluding hydrogens is 206 g/mol. The molecule has 0 radical (unpaired) electrons. The second-order valence-corrected chi connectivity index (χ2v) is 3.84. The molecule has 1 heterocycles. The van der Waals surface area contributed by atoms with Gasteiger partial charge in [-0.15, -0.1) is 6.58 Å². The highest BCUT2D eigenvalue weighted by molar-refractivity contribution is 5.83. The van der Waals surface area contributed by atoms with Crippen LogP contribution in [0.25, 0.3) is 0 Å². The number of likely N-dealkylation sites (tertiary alicyclic amines) is 1. The zero-order valence-corrected chi connectivity index (χ0v) is 9.66. The van der Waals surface area contributed by atoms with Crippen molar-refractivity contribution >= 4 is 11.8 Å². The van der Waals surface area contributed by atoms with Crippen LogP contribution < -0.4 is 10.6 Å².